The highest BCUT2D eigenvalue weighted by molar-refractivity contribution is 6.30. The van der Waals surface area contributed by atoms with E-state index < -0.39 is 12.1 Å². The van der Waals surface area contributed by atoms with Crippen LogP contribution in [0.25, 0.3) is 0 Å². The van der Waals surface area contributed by atoms with Gasteiger partial charge < -0.3 is 15.5 Å². The number of carbonyl (C=O) groups excluding carboxylic acids is 1. The van der Waals surface area contributed by atoms with E-state index in [1.54, 1.807) is 24.3 Å². The number of aliphatic hydroxyl groups excluding tert-OH is 2. The van der Waals surface area contributed by atoms with Crippen LogP contribution in [0.3, 0.4) is 0 Å². The minimum atomic E-state index is -1.03. The zero-order chi connectivity index (χ0) is 16.8. The van der Waals surface area contributed by atoms with Gasteiger partial charge in [0.15, 0.2) is 5.69 Å². The van der Waals surface area contributed by atoms with Crippen LogP contribution in [-0.2, 0) is 6.42 Å². The Morgan fingerprint density at radius 2 is 2.17 bits per heavy atom. The van der Waals surface area contributed by atoms with Gasteiger partial charge in [-0.1, -0.05) is 23.7 Å². The van der Waals surface area contributed by atoms with Crippen LogP contribution in [0, 0.1) is 5.92 Å². The lowest BCUT2D eigenvalue weighted by Gasteiger charge is -2.22. The Bertz CT molecular complexity index is 774. The van der Waals surface area contributed by atoms with Crippen molar-refractivity contribution in [2.45, 2.75) is 30.9 Å². The summed E-state index contributed by atoms with van der Waals surface area (Å²) in [4.78, 5) is 12.5. The van der Waals surface area contributed by atoms with E-state index in [1.807, 2.05) is 0 Å². The predicted molar refractivity (Wildman–Crippen MR) is 87.9 cm³/mol. The van der Waals surface area contributed by atoms with Gasteiger partial charge >= 0.3 is 0 Å². The first-order chi connectivity index (χ1) is 11.6. The quantitative estimate of drug-likeness (QED) is 0.659. The number of nitrogens with one attached hydrogen (secondary N) is 2. The van der Waals surface area contributed by atoms with Gasteiger partial charge in [-0.25, -0.2) is 0 Å². The molecular weight excluding hydrogens is 330 g/mol. The highest BCUT2D eigenvalue weighted by Gasteiger charge is 2.48. The van der Waals surface area contributed by atoms with Crippen molar-refractivity contribution in [1.82, 2.24) is 15.5 Å². The summed E-state index contributed by atoms with van der Waals surface area (Å²) in [5.74, 6) is 0.803. The fourth-order valence-corrected chi connectivity index (χ4v) is 3.65. The Hall–Kier alpha value is -1.89. The number of hydrogen-bond donors (Lipinski definition) is 4. The standard InChI is InChI=1S/C17H18ClN3O3/c18-10-3-1-8(2-4-10)16(23)13(7-22)19-17(24)15-12-6-9-5-11(9)14(12)20-21-15/h1-4,9,11,13,16,22-23H,5-7H2,(H,19,24)(H,20,21)/t9-,11-,13?,16?/m1/s1. The Morgan fingerprint density at radius 3 is 2.88 bits per heavy atom. The normalized spacial score (nSPS) is 23.3. The number of H-pyrrole nitrogens is 1. The summed E-state index contributed by atoms with van der Waals surface area (Å²) in [6.45, 7) is -0.382. The number of fused-ring (bicyclic) bond motifs is 3. The number of carbonyl (C=O) groups is 1. The van der Waals surface area contributed by atoms with Crippen molar-refractivity contribution in [3.8, 4) is 0 Å². The molecule has 6 nitrogen and oxygen atoms in total. The van der Waals surface area contributed by atoms with Crippen molar-refractivity contribution < 1.29 is 15.0 Å². The molecule has 24 heavy (non-hydrogen) atoms. The maximum Gasteiger partial charge on any atom is 0.272 e. The van der Waals surface area contributed by atoms with Gasteiger partial charge in [-0.05, 0) is 36.5 Å². The van der Waals surface area contributed by atoms with E-state index in [2.05, 4.69) is 15.5 Å². The van der Waals surface area contributed by atoms with Crippen LogP contribution < -0.4 is 5.32 Å². The van der Waals surface area contributed by atoms with Gasteiger partial charge in [0, 0.05) is 22.2 Å². The smallest absolute Gasteiger partial charge is 0.272 e. The SMILES string of the molecule is O=C(NC(CO)C(O)c1ccc(Cl)cc1)c1n[nH]c2c1C[C@H]1C[C@@H]21. The molecule has 2 aliphatic rings. The fraction of sp³-hybridized carbons (Fsp3) is 0.412. The number of benzene rings is 1. The molecule has 2 unspecified atom stereocenters. The molecule has 1 saturated carbocycles. The molecule has 2 aromatic rings. The summed E-state index contributed by atoms with van der Waals surface area (Å²) in [5, 5.41) is 30.3. The van der Waals surface area contributed by atoms with Crippen molar-refractivity contribution in [3.05, 3.63) is 51.8 Å². The molecule has 1 aromatic carbocycles. The molecule has 126 valence electrons. The first-order valence-corrected chi connectivity index (χ1v) is 8.38. The number of halogens is 1. The van der Waals surface area contributed by atoms with E-state index in [-0.39, 0.29) is 12.5 Å². The zero-order valence-electron chi connectivity index (χ0n) is 12.9. The fourth-order valence-electron chi connectivity index (χ4n) is 3.52. The van der Waals surface area contributed by atoms with Gasteiger partial charge in [0.05, 0.1) is 12.6 Å². The summed E-state index contributed by atoms with van der Waals surface area (Å²) in [7, 11) is 0. The van der Waals surface area contributed by atoms with Crippen LogP contribution in [0.1, 0.15) is 45.8 Å². The molecule has 0 bridgehead atoms. The van der Waals surface area contributed by atoms with Crippen LogP contribution in [0.4, 0.5) is 0 Å². The lowest BCUT2D eigenvalue weighted by atomic mass is 10.0. The molecule has 7 heteroatoms. The summed E-state index contributed by atoms with van der Waals surface area (Å²) in [6.07, 6.45) is 1.02. The molecular formula is C17H18ClN3O3. The van der Waals surface area contributed by atoms with Crippen LogP contribution in [0.2, 0.25) is 5.02 Å². The Kier molecular flexibility index (Phi) is 3.83. The summed E-state index contributed by atoms with van der Waals surface area (Å²) in [5.41, 5.74) is 3.00. The second-order valence-electron chi connectivity index (χ2n) is 6.53. The average Bonchev–Trinajstić information content (AvgIpc) is 3.06. The van der Waals surface area contributed by atoms with Crippen LogP contribution >= 0.6 is 11.6 Å². The highest BCUT2D eigenvalue weighted by Crippen LogP contribution is 2.55. The van der Waals surface area contributed by atoms with Gasteiger partial charge in [-0.15, -0.1) is 0 Å². The number of nitrogens with zero attached hydrogens (tertiary/aromatic N) is 1. The van der Waals surface area contributed by atoms with E-state index in [1.165, 1.54) is 6.42 Å². The van der Waals surface area contributed by atoms with E-state index in [9.17, 15) is 15.0 Å². The molecule has 4 N–H and O–H groups in total. The van der Waals surface area contributed by atoms with Gasteiger partial charge in [-0.2, -0.15) is 5.10 Å². The number of amides is 1. The molecule has 0 spiro atoms. The summed E-state index contributed by atoms with van der Waals surface area (Å²) >= 11 is 5.84. The molecule has 4 atom stereocenters. The molecule has 1 aromatic heterocycles. The second kappa shape index (κ2) is 5.88. The number of aliphatic hydroxyl groups is 2. The molecule has 0 saturated heterocycles. The van der Waals surface area contributed by atoms with Crippen LogP contribution in [0.15, 0.2) is 24.3 Å². The third kappa shape index (κ3) is 2.60. The summed E-state index contributed by atoms with van der Waals surface area (Å²) in [6, 6.07) is 5.83. The molecule has 4 rings (SSSR count). The van der Waals surface area contributed by atoms with E-state index in [0.717, 1.165) is 17.7 Å². The maximum atomic E-state index is 12.5. The monoisotopic (exact) mass is 347 g/mol. The summed E-state index contributed by atoms with van der Waals surface area (Å²) < 4.78 is 0. The largest absolute Gasteiger partial charge is 0.394 e. The third-order valence-corrected chi connectivity index (χ3v) is 5.23. The molecule has 1 fully saturated rings. The minimum absolute atomic E-state index is 0.374. The number of aromatic amines is 1. The molecule has 2 aliphatic carbocycles. The first kappa shape index (κ1) is 15.6. The van der Waals surface area contributed by atoms with Crippen molar-refractivity contribution in [3.63, 3.8) is 0 Å². The topological polar surface area (TPSA) is 98.2 Å². The maximum absolute atomic E-state index is 12.5. The Balaban J connectivity index is 1.49. The van der Waals surface area contributed by atoms with Gasteiger partial charge in [0.25, 0.3) is 5.91 Å². The second-order valence-corrected chi connectivity index (χ2v) is 6.97. The van der Waals surface area contributed by atoms with Crippen molar-refractivity contribution >= 4 is 17.5 Å². The average molecular weight is 348 g/mol. The molecule has 1 amide bonds. The number of hydrogen-bond acceptors (Lipinski definition) is 4. The number of rotatable bonds is 5. The van der Waals surface area contributed by atoms with E-state index >= 15 is 0 Å². The van der Waals surface area contributed by atoms with Crippen LogP contribution in [0.5, 0.6) is 0 Å². The van der Waals surface area contributed by atoms with Crippen molar-refractivity contribution in [2.75, 3.05) is 6.61 Å². The van der Waals surface area contributed by atoms with Gasteiger partial charge in [-0.3, -0.25) is 9.89 Å². The first-order valence-electron chi connectivity index (χ1n) is 8.01. The van der Waals surface area contributed by atoms with Gasteiger partial charge in [0.2, 0.25) is 0 Å². The van der Waals surface area contributed by atoms with E-state index in [0.29, 0.717) is 28.1 Å². The highest BCUT2D eigenvalue weighted by atomic mass is 35.5. The Morgan fingerprint density at radius 1 is 1.42 bits per heavy atom. The number of aromatic nitrogens is 2. The zero-order valence-corrected chi connectivity index (χ0v) is 13.6. The molecule has 0 aliphatic heterocycles. The molecule has 0 radical (unpaired) electrons. The lowest BCUT2D eigenvalue weighted by Crippen LogP contribution is -2.42. The van der Waals surface area contributed by atoms with Crippen molar-refractivity contribution in [2.24, 2.45) is 5.92 Å². The van der Waals surface area contributed by atoms with Crippen molar-refractivity contribution in [1.29, 1.82) is 0 Å². The minimum Gasteiger partial charge on any atom is -0.394 e. The Labute approximate surface area is 143 Å². The third-order valence-electron chi connectivity index (χ3n) is 4.98. The molecule has 1 heterocycles. The van der Waals surface area contributed by atoms with Crippen LogP contribution in [-0.4, -0.2) is 39.0 Å². The lowest BCUT2D eigenvalue weighted by molar-refractivity contribution is 0.0698. The van der Waals surface area contributed by atoms with E-state index in [4.69, 9.17) is 11.6 Å². The van der Waals surface area contributed by atoms with Gasteiger partial charge in [0.1, 0.15) is 6.10 Å². The predicted octanol–water partition coefficient (Wildman–Crippen LogP) is 1.55.